The van der Waals surface area contributed by atoms with E-state index in [1.165, 1.54) is 5.56 Å². The molecule has 1 aliphatic rings. The number of aromatic nitrogens is 2. The first-order chi connectivity index (χ1) is 12.5. The van der Waals surface area contributed by atoms with Crippen molar-refractivity contribution in [1.82, 2.24) is 14.9 Å². The molecule has 0 N–H and O–H groups in total. The molecule has 0 spiro atoms. The van der Waals surface area contributed by atoms with E-state index in [4.69, 9.17) is 9.97 Å². The van der Waals surface area contributed by atoms with Crippen LogP contribution in [0.25, 0.3) is 11.4 Å². The van der Waals surface area contributed by atoms with Crippen LogP contribution >= 0.6 is 0 Å². The fourth-order valence-corrected chi connectivity index (χ4v) is 3.37. The van der Waals surface area contributed by atoms with Gasteiger partial charge in [0.05, 0.1) is 0 Å². The number of carbonyl (C=O) groups is 1. The molecule has 0 saturated carbocycles. The number of aryl methyl sites for hydroxylation is 2. The zero-order valence-electron chi connectivity index (χ0n) is 16.2. The first-order valence-electron chi connectivity index (χ1n) is 9.44. The van der Waals surface area contributed by atoms with Crippen LogP contribution in [0.4, 0.5) is 5.82 Å². The highest BCUT2D eigenvalue weighted by molar-refractivity contribution is 5.76. The molecule has 5 nitrogen and oxygen atoms in total. The number of rotatable bonds is 4. The minimum atomic E-state index is 0.267. The first-order valence-corrected chi connectivity index (χ1v) is 9.44. The smallest absolute Gasteiger partial charge is 0.222 e. The summed E-state index contributed by atoms with van der Waals surface area (Å²) in [5, 5.41) is 0. The van der Waals surface area contributed by atoms with E-state index in [1.54, 1.807) is 0 Å². The monoisotopic (exact) mass is 352 g/mol. The maximum Gasteiger partial charge on any atom is 0.222 e. The average molecular weight is 352 g/mol. The van der Waals surface area contributed by atoms with Gasteiger partial charge in [0, 0.05) is 49.4 Å². The Hall–Kier alpha value is -2.43. The third kappa shape index (κ3) is 3.87. The SMILES string of the molecule is CCCC(=O)N1CCN(c2nc(-c3cccc(C)c3)nc(C)c2C)CC1. The summed E-state index contributed by atoms with van der Waals surface area (Å²) in [4.78, 5) is 26.0. The van der Waals surface area contributed by atoms with Gasteiger partial charge in [0.1, 0.15) is 5.82 Å². The van der Waals surface area contributed by atoms with Crippen LogP contribution in [0, 0.1) is 20.8 Å². The highest BCUT2D eigenvalue weighted by atomic mass is 16.2. The molecule has 5 heteroatoms. The molecular weight excluding hydrogens is 324 g/mol. The topological polar surface area (TPSA) is 49.3 Å². The summed E-state index contributed by atoms with van der Waals surface area (Å²) >= 11 is 0. The summed E-state index contributed by atoms with van der Waals surface area (Å²) in [5.41, 5.74) is 4.38. The fraction of sp³-hybridized carbons (Fsp3) is 0.476. The number of hydrogen-bond donors (Lipinski definition) is 0. The number of hydrogen-bond acceptors (Lipinski definition) is 4. The Balaban J connectivity index is 1.83. The van der Waals surface area contributed by atoms with E-state index in [2.05, 4.69) is 36.9 Å². The van der Waals surface area contributed by atoms with Crippen molar-refractivity contribution in [3.8, 4) is 11.4 Å². The van der Waals surface area contributed by atoms with E-state index >= 15 is 0 Å². The van der Waals surface area contributed by atoms with Crippen molar-refractivity contribution in [2.45, 2.75) is 40.5 Å². The first kappa shape index (κ1) is 18.4. The molecular formula is C21H28N4O. The molecule has 1 aromatic heterocycles. The number of benzene rings is 1. The zero-order valence-corrected chi connectivity index (χ0v) is 16.2. The predicted octanol–water partition coefficient (Wildman–Crippen LogP) is 3.52. The quantitative estimate of drug-likeness (QED) is 0.845. The highest BCUT2D eigenvalue weighted by Crippen LogP contribution is 2.26. The van der Waals surface area contributed by atoms with Crippen molar-refractivity contribution in [3.63, 3.8) is 0 Å². The van der Waals surface area contributed by atoms with Gasteiger partial charge in [-0.25, -0.2) is 9.97 Å². The lowest BCUT2D eigenvalue weighted by molar-refractivity contribution is -0.131. The number of piperazine rings is 1. The second kappa shape index (κ2) is 7.85. The zero-order chi connectivity index (χ0) is 18.7. The van der Waals surface area contributed by atoms with E-state index in [9.17, 15) is 4.79 Å². The summed E-state index contributed by atoms with van der Waals surface area (Å²) in [6.07, 6.45) is 1.55. The van der Waals surface area contributed by atoms with Crippen molar-refractivity contribution < 1.29 is 4.79 Å². The van der Waals surface area contributed by atoms with Crippen molar-refractivity contribution >= 4 is 11.7 Å². The molecule has 1 fully saturated rings. The van der Waals surface area contributed by atoms with Gasteiger partial charge in [0.25, 0.3) is 0 Å². The van der Waals surface area contributed by atoms with Crippen LogP contribution in [0.1, 0.15) is 36.6 Å². The van der Waals surface area contributed by atoms with Crippen LogP contribution in [0.15, 0.2) is 24.3 Å². The van der Waals surface area contributed by atoms with Gasteiger partial charge in [0.15, 0.2) is 5.82 Å². The molecule has 0 aliphatic carbocycles. The molecule has 138 valence electrons. The summed E-state index contributed by atoms with van der Waals surface area (Å²) in [6, 6.07) is 8.30. The van der Waals surface area contributed by atoms with Gasteiger partial charge in [-0.1, -0.05) is 30.7 Å². The normalized spacial score (nSPS) is 14.6. The molecule has 0 unspecified atom stereocenters. The molecule has 2 heterocycles. The molecule has 2 aromatic rings. The van der Waals surface area contributed by atoms with E-state index in [0.717, 1.165) is 61.1 Å². The average Bonchev–Trinajstić information content (AvgIpc) is 2.64. The number of anilines is 1. The van der Waals surface area contributed by atoms with Crippen LogP contribution in [-0.4, -0.2) is 47.0 Å². The molecule has 3 rings (SSSR count). The molecule has 0 bridgehead atoms. The minimum absolute atomic E-state index is 0.267. The van der Waals surface area contributed by atoms with E-state index < -0.39 is 0 Å². The summed E-state index contributed by atoms with van der Waals surface area (Å²) in [6.45, 7) is 11.4. The molecule has 0 radical (unpaired) electrons. The Morgan fingerprint density at radius 1 is 1.08 bits per heavy atom. The third-order valence-corrected chi connectivity index (χ3v) is 5.04. The summed E-state index contributed by atoms with van der Waals surface area (Å²) in [5.74, 6) is 2.04. The van der Waals surface area contributed by atoms with Crippen molar-refractivity contribution in [2.24, 2.45) is 0 Å². The van der Waals surface area contributed by atoms with Crippen LogP contribution in [-0.2, 0) is 4.79 Å². The molecule has 1 amide bonds. The van der Waals surface area contributed by atoms with Crippen LogP contribution in [0.3, 0.4) is 0 Å². The van der Waals surface area contributed by atoms with E-state index in [0.29, 0.717) is 6.42 Å². The highest BCUT2D eigenvalue weighted by Gasteiger charge is 2.23. The summed E-state index contributed by atoms with van der Waals surface area (Å²) in [7, 11) is 0. The van der Waals surface area contributed by atoms with Crippen LogP contribution < -0.4 is 4.90 Å². The summed E-state index contributed by atoms with van der Waals surface area (Å²) < 4.78 is 0. The Morgan fingerprint density at radius 2 is 1.81 bits per heavy atom. The van der Waals surface area contributed by atoms with Gasteiger partial charge in [-0.15, -0.1) is 0 Å². The van der Waals surface area contributed by atoms with E-state index in [1.807, 2.05) is 24.8 Å². The van der Waals surface area contributed by atoms with Gasteiger partial charge in [0.2, 0.25) is 5.91 Å². The second-order valence-electron chi connectivity index (χ2n) is 7.07. The minimum Gasteiger partial charge on any atom is -0.353 e. The van der Waals surface area contributed by atoms with Crippen molar-refractivity contribution in [1.29, 1.82) is 0 Å². The van der Waals surface area contributed by atoms with Gasteiger partial charge < -0.3 is 9.80 Å². The predicted molar refractivity (Wildman–Crippen MR) is 105 cm³/mol. The molecule has 0 atom stereocenters. The lowest BCUT2D eigenvalue weighted by Crippen LogP contribution is -2.49. The fourth-order valence-electron chi connectivity index (χ4n) is 3.37. The molecule has 1 aromatic carbocycles. The number of amides is 1. The van der Waals surface area contributed by atoms with Gasteiger partial charge in [-0.2, -0.15) is 0 Å². The van der Waals surface area contributed by atoms with Crippen LogP contribution in [0.2, 0.25) is 0 Å². The Kier molecular flexibility index (Phi) is 5.55. The Bertz CT molecular complexity index is 795. The molecule has 26 heavy (non-hydrogen) atoms. The third-order valence-electron chi connectivity index (χ3n) is 5.04. The largest absolute Gasteiger partial charge is 0.353 e. The van der Waals surface area contributed by atoms with Crippen molar-refractivity contribution in [2.75, 3.05) is 31.1 Å². The second-order valence-corrected chi connectivity index (χ2v) is 7.07. The Morgan fingerprint density at radius 3 is 2.46 bits per heavy atom. The maximum absolute atomic E-state index is 12.1. The molecule has 1 saturated heterocycles. The lowest BCUT2D eigenvalue weighted by Gasteiger charge is -2.36. The Labute approximate surface area is 156 Å². The molecule has 1 aliphatic heterocycles. The van der Waals surface area contributed by atoms with Crippen molar-refractivity contribution in [3.05, 3.63) is 41.1 Å². The van der Waals surface area contributed by atoms with Gasteiger partial charge >= 0.3 is 0 Å². The van der Waals surface area contributed by atoms with E-state index in [-0.39, 0.29) is 5.91 Å². The van der Waals surface area contributed by atoms with Gasteiger partial charge in [-0.05, 0) is 33.3 Å². The standard InChI is InChI=1S/C21H28N4O/c1-5-7-19(26)24-10-12-25(13-11-24)21-16(3)17(4)22-20(23-21)18-9-6-8-15(2)14-18/h6,8-9,14H,5,7,10-13H2,1-4H3. The lowest BCUT2D eigenvalue weighted by atomic mass is 10.1. The van der Waals surface area contributed by atoms with Crippen LogP contribution in [0.5, 0.6) is 0 Å². The maximum atomic E-state index is 12.1. The van der Waals surface area contributed by atoms with Gasteiger partial charge in [-0.3, -0.25) is 4.79 Å². The number of carbonyl (C=O) groups excluding carboxylic acids is 1. The number of nitrogens with zero attached hydrogens (tertiary/aromatic N) is 4.